The van der Waals surface area contributed by atoms with Crippen LogP contribution < -0.4 is 0 Å². The van der Waals surface area contributed by atoms with E-state index in [9.17, 15) is 9.18 Å². The first-order chi connectivity index (χ1) is 58.4. The minimum atomic E-state index is -0.237. The van der Waals surface area contributed by atoms with Crippen molar-refractivity contribution < 1.29 is 104 Å². The smallest absolute Gasteiger partial charge is 0.155 e. The zero-order chi connectivity index (χ0) is 82.3. The molecule has 10 heterocycles. The molecule has 1 N–H and O–H groups in total. The number of rotatable bonds is 9. The Labute approximate surface area is 769 Å². The number of pyridine rings is 8. The number of halogens is 1. The fourth-order valence-corrected chi connectivity index (χ4v) is 12.5. The summed E-state index contributed by atoms with van der Waals surface area (Å²) < 4.78 is 25.3. The number of carbonyl (C=O) groups excluding carboxylic acids is 1. The quantitative estimate of drug-likeness (QED) is 0.0827. The Morgan fingerprint density at radius 1 is 0.333 bits per heavy atom. The number of furan rings is 2. The number of aliphatic hydroxyl groups excluding tert-OH is 1. The van der Waals surface area contributed by atoms with Gasteiger partial charge in [0.15, 0.2) is 5.78 Å². The summed E-state index contributed by atoms with van der Waals surface area (Å²) in [5.41, 5.74) is 21.7. The summed E-state index contributed by atoms with van der Waals surface area (Å²) >= 11 is 0. The molecule has 20 aromatic rings. The van der Waals surface area contributed by atoms with Gasteiger partial charge in [-0.3, -0.25) is 14.2 Å². The molecule has 10 aromatic carbocycles. The van der Waals surface area contributed by atoms with Crippen LogP contribution in [0.1, 0.15) is 30.5 Å². The molecule has 0 saturated heterocycles. The fourth-order valence-electron chi connectivity index (χ4n) is 12.5. The van der Waals surface area contributed by atoms with Crippen molar-refractivity contribution in [1.29, 1.82) is 0 Å². The number of carbonyl (C=O) groups is 1. The number of para-hydroxylation sites is 2. The molecule has 0 aliphatic carbocycles. The summed E-state index contributed by atoms with van der Waals surface area (Å²) in [6, 6.07) is 126. The van der Waals surface area contributed by atoms with Gasteiger partial charge in [0, 0.05) is 153 Å². The van der Waals surface area contributed by atoms with Gasteiger partial charge in [-0.25, -0.2) is 0 Å². The number of aliphatic hydroxyl groups is 1. The molecule has 0 aliphatic heterocycles. The van der Waals surface area contributed by atoms with Crippen molar-refractivity contribution in [2.24, 2.45) is 0 Å². The molecule has 123 heavy (non-hydrogen) atoms. The standard InChI is InChI=1S/2C18H12NO.C16H11FN.C16H11N2.3C11H8N.C5H8O2.4Ir/c2*1-12-9-10-19-16(11-12)15-7-4-6-14-13-5-2-3-8-17(13)20-18(14)15;1-11-10-13(6-7-15(11)17)16-14-5-3-2-4-12(14)8-9-18-16;1-2-6-13(7-3-1)16-12-14(9-11-18-16)15-8-4-5-10-17-15;3*1-2-6-10(7-3-1)11-8-4-5-9-12-11;1-4(6)3-5(2)7;;;;/h2*2-6,8-11H,1H3;2-5,7-10H,1H3;1-6,8-12H;3*1-6,8-9H;3,6H,1-2H3;;;;/q7*-1;;;;;. The topological polar surface area (TPSA) is 167 Å². The number of hydrogen-bond donors (Lipinski definition) is 1. The molecule has 0 amide bonds. The van der Waals surface area contributed by atoms with E-state index < -0.39 is 0 Å². The minimum Gasteiger partial charge on any atom is -0.512 e. The summed E-state index contributed by atoms with van der Waals surface area (Å²) in [4.78, 5) is 44.7. The number of hydrogen-bond acceptors (Lipinski definition) is 12. The van der Waals surface area contributed by atoms with Crippen molar-refractivity contribution in [2.75, 3.05) is 0 Å². The molecule has 0 spiro atoms. The molecule has 0 unspecified atom stereocenters. The monoisotopic (exact) mass is 2320 g/mol. The van der Waals surface area contributed by atoms with Crippen molar-refractivity contribution >= 4 is 60.4 Å². The molecule has 12 nitrogen and oxygen atoms in total. The number of allylic oxidation sites excluding steroid dienone is 2. The van der Waals surface area contributed by atoms with Gasteiger partial charge >= 0.3 is 0 Å². The Morgan fingerprint density at radius 3 is 1.11 bits per heavy atom. The van der Waals surface area contributed by atoms with Gasteiger partial charge in [0.05, 0.1) is 22.6 Å². The van der Waals surface area contributed by atoms with Gasteiger partial charge in [-0.2, -0.15) is 0 Å². The second kappa shape index (κ2) is 48.4. The first kappa shape index (κ1) is 93.9. The van der Waals surface area contributed by atoms with E-state index in [0.717, 1.165) is 145 Å². The van der Waals surface area contributed by atoms with Crippen LogP contribution >= 0.6 is 0 Å². The number of aryl methyl sites for hydroxylation is 3. The zero-order valence-electron chi connectivity index (χ0n) is 67.3. The van der Waals surface area contributed by atoms with Crippen LogP contribution in [0, 0.1) is 69.1 Å². The summed E-state index contributed by atoms with van der Waals surface area (Å²) in [7, 11) is 0. The zero-order valence-corrected chi connectivity index (χ0v) is 76.8. The third kappa shape index (κ3) is 26.5. The number of ketones is 1. The maximum atomic E-state index is 13.3. The molecule has 10 aromatic heterocycles. The van der Waals surface area contributed by atoms with Gasteiger partial charge in [0.25, 0.3) is 0 Å². The molecule has 0 saturated carbocycles. The Balaban J connectivity index is 0.000000161. The van der Waals surface area contributed by atoms with E-state index in [-0.39, 0.29) is 97.8 Å². The molecule has 4 radical (unpaired) electrons. The molecule has 0 bridgehead atoms. The van der Waals surface area contributed by atoms with E-state index in [1.807, 2.05) is 298 Å². The first-order valence-corrected chi connectivity index (χ1v) is 38.3. The summed E-state index contributed by atoms with van der Waals surface area (Å²) in [6.45, 7) is 8.72. The van der Waals surface area contributed by atoms with Gasteiger partial charge < -0.3 is 48.8 Å². The van der Waals surface area contributed by atoms with E-state index in [2.05, 4.69) is 120 Å². The average molecular weight is 2320 g/mol. The van der Waals surface area contributed by atoms with Gasteiger partial charge in [0.1, 0.15) is 11.2 Å². The number of nitrogens with zero attached hydrogens (tertiary/aromatic N) is 8. The van der Waals surface area contributed by atoms with Gasteiger partial charge in [-0.05, 0) is 151 Å². The van der Waals surface area contributed by atoms with E-state index >= 15 is 0 Å². The van der Waals surface area contributed by atoms with Crippen LogP contribution in [0.2, 0.25) is 0 Å². The molecule has 0 atom stereocenters. The molecule has 616 valence electrons. The predicted molar refractivity (Wildman–Crippen MR) is 476 cm³/mol. The number of benzene rings is 10. The summed E-state index contributed by atoms with van der Waals surface area (Å²) in [6.07, 6.45) is 15.5. The molecular formula is C106H78FIr4N8O4-7. The van der Waals surface area contributed by atoms with Crippen molar-refractivity contribution in [3.05, 3.63) is 448 Å². The van der Waals surface area contributed by atoms with Gasteiger partial charge in [0.2, 0.25) is 0 Å². The average Bonchev–Trinajstić information content (AvgIpc) is 1.71. The third-order valence-electron chi connectivity index (χ3n) is 18.1. The Kier molecular flexibility index (Phi) is 37.0. The largest absolute Gasteiger partial charge is 0.512 e. The van der Waals surface area contributed by atoms with Crippen LogP contribution in [0.4, 0.5) is 4.39 Å². The van der Waals surface area contributed by atoms with E-state index in [0.29, 0.717) is 5.56 Å². The summed E-state index contributed by atoms with van der Waals surface area (Å²) in [5, 5.41) is 15.0. The van der Waals surface area contributed by atoms with Gasteiger partial charge in [-0.1, -0.05) is 167 Å². The normalized spacial score (nSPS) is 10.2. The molecule has 17 heteroatoms. The van der Waals surface area contributed by atoms with Crippen LogP contribution in [-0.4, -0.2) is 50.8 Å². The maximum Gasteiger partial charge on any atom is 0.155 e. The number of aromatic nitrogens is 8. The molecule has 0 fully saturated rings. The Morgan fingerprint density at radius 2 is 0.715 bits per heavy atom. The van der Waals surface area contributed by atoms with E-state index in [1.165, 1.54) is 37.1 Å². The molecule has 20 rings (SSSR count). The first-order valence-electron chi connectivity index (χ1n) is 38.3. The second-order valence-corrected chi connectivity index (χ2v) is 26.9. The third-order valence-corrected chi connectivity index (χ3v) is 18.1. The van der Waals surface area contributed by atoms with Crippen LogP contribution in [0.25, 0.3) is 145 Å². The van der Waals surface area contributed by atoms with Crippen molar-refractivity contribution in [3.8, 4) is 90.1 Å². The SMILES string of the molecule is CC(=O)C=C(C)O.Cc1cc(-c2nccc3ccccc23)[c-]cc1F.Cc1ccnc(-c2[c-]ccc3c2oc2ccccc23)c1.Cc1ccnc(-c2[c-]ccc3c2oc2ccccc23)c1.[Ir].[Ir].[Ir].[Ir].[c-]1ccccc1-c1cc(-c2ccccn2)ccn1.[c-]1ccccc1-c1ccccn1.[c-]1ccccc1-c1ccccn1.[c-]1ccccc1-c1ccccn1. The van der Waals surface area contributed by atoms with Crippen LogP contribution in [0.5, 0.6) is 0 Å². The predicted octanol–water partition coefficient (Wildman–Crippen LogP) is 25.9. The van der Waals surface area contributed by atoms with E-state index in [4.69, 9.17) is 13.9 Å². The second-order valence-electron chi connectivity index (χ2n) is 26.9. The van der Waals surface area contributed by atoms with Crippen molar-refractivity contribution in [2.45, 2.75) is 34.6 Å². The van der Waals surface area contributed by atoms with Crippen LogP contribution in [0.15, 0.2) is 392 Å². The Hall–Kier alpha value is -13.0. The molecule has 0 aliphatic rings. The van der Waals surface area contributed by atoms with Crippen LogP contribution in [0.3, 0.4) is 0 Å². The fraction of sp³-hybridized carbons (Fsp3) is 0.0472. The summed E-state index contributed by atoms with van der Waals surface area (Å²) in [5.74, 6) is -0.300. The minimum absolute atomic E-state index is 0. The van der Waals surface area contributed by atoms with E-state index in [1.54, 1.807) is 50.2 Å². The number of fused-ring (bicyclic) bond motifs is 7. The maximum absolute atomic E-state index is 13.3. The van der Waals surface area contributed by atoms with Crippen molar-refractivity contribution in [3.63, 3.8) is 0 Å². The molecular weight excluding hydrogens is 2240 g/mol. The Bertz CT molecular complexity index is 6160. The van der Waals surface area contributed by atoms with Crippen molar-refractivity contribution in [1.82, 2.24) is 39.9 Å². The van der Waals surface area contributed by atoms with Gasteiger partial charge in [-0.15, -0.1) is 204 Å². The van der Waals surface area contributed by atoms with Crippen LogP contribution in [-0.2, 0) is 85.2 Å².